The van der Waals surface area contributed by atoms with E-state index in [1.54, 1.807) is 30.4 Å². The molecular weight excluding hydrogens is 404 g/mol. The van der Waals surface area contributed by atoms with Crippen LogP contribution in [0.4, 0.5) is 0 Å². The summed E-state index contributed by atoms with van der Waals surface area (Å²) in [6, 6.07) is 3.39. The summed E-state index contributed by atoms with van der Waals surface area (Å²) in [5.41, 5.74) is 6.17. The van der Waals surface area contributed by atoms with Gasteiger partial charge in [0.15, 0.2) is 0 Å². The Morgan fingerprint density at radius 2 is 1.71 bits per heavy atom. The summed E-state index contributed by atoms with van der Waals surface area (Å²) in [5.74, 6) is -0.640. The summed E-state index contributed by atoms with van der Waals surface area (Å²) >= 11 is 0. The van der Waals surface area contributed by atoms with Crippen LogP contribution < -0.4 is 11.1 Å². The average molecular weight is 439 g/mol. The number of hydrogen-bond donors (Lipinski definition) is 2. The number of ether oxygens (including phenoxy) is 4. The maximum atomic E-state index is 12.6. The van der Waals surface area contributed by atoms with Crippen molar-refractivity contribution in [3.05, 3.63) is 30.1 Å². The van der Waals surface area contributed by atoms with Gasteiger partial charge in [-0.2, -0.15) is 0 Å². The monoisotopic (exact) mass is 438 g/mol. The number of carbonyl (C=O) groups is 2. The Balaban J connectivity index is 1.52. The molecule has 2 amide bonds. The van der Waals surface area contributed by atoms with Crippen LogP contribution in [0.5, 0.6) is 0 Å². The van der Waals surface area contributed by atoms with Crippen LogP contribution in [0.25, 0.3) is 0 Å². The minimum Gasteiger partial charge on any atom is -0.378 e. The molecule has 1 saturated heterocycles. The van der Waals surface area contributed by atoms with Gasteiger partial charge in [0.25, 0.3) is 0 Å². The fourth-order valence-electron chi connectivity index (χ4n) is 3.33. The third kappa shape index (κ3) is 8.88. The number of pyridine rings is 1. The Bertz CT molecular complexity index is 648. The van der Waals surface area contributed by atoms with Crippen LogP contribution in [0.2, 0.25) is 0 Å². The number of nitrogens with zero attached hydrogens (tertiary/aromatic N) is 2. The first-order chi connectivity index (χ1) is 15.1. The Morgan fingerprint density at radius 3 is 2.29 bits per heavy atom. The number of aromatic nitrogens is 1. The number of hydrogen-bond acceptors (Lipinski definition) is 8. The van der Waals surface area contributed by atoms with Crippen molar-refractivity contribution in [3.63, 3.8) is 0 Å². The van der Waals surface area contributed by atoms with Gasteiger partial charge in [-0.1, -0.05) is 6.07 Å². The van der Waals surface area contributed by atoms with Crippen LogP contribution in [0.1, 0.15) is 18.0 Å². The highest BCUT2D eigenvalue weighted by molar-refractivity contribution is 5.90. The molecule has 1 fully saturated rings. The van der Waals surface area contributed by atoms with E-state index < -0.39 is 5.92 Å². The van der Waals surface area contributed by atoms with E-state index in [1.807, 2.05) is 6.07 Å². The SMILES string of the molecule is CN1C(=O)C[C@H](C(=O)NCCOCCOCCOCCOCCN)[C@H]1c1cccnc1. The van der Waals surface area contributed by atoms with Crippen molar-refractivity contribution in [1.82, 2.24) is 15.2 Å². The molecule has 1 aromatic rings. The molecule has 174 valence electrons. The van der Waals surface area contributed by atoms with Crippen molar-refractivity contribution in [3.8, 4) is 0 Å². The van der Waals surface area contributed by atoms with Gasteiger partial charge in [-0.05, 0) is 11.6 Å². The Hall–Kier alpha value is -2.11. The minimum atomic E-state index is -0.439. The number of nitrogens with two attached hydrogens (primary N) is 1. The van der Waals surface area contributed by atoms with E-state index in [1.165, 1.54) is 0 Å². The summed E-state index contributed by atoms with van der Waals surface area (Å²) in [4.78, 5) is 30.5. The summed E-state index contributed by atoms with van der Waals surface area (Å²) in [6.07, 6.45) is 3.56. The first kappa shape index (κ1) is 25.2. The minimum absolute atomic E-state index is 0.0468. The quantitative estimate of drug-likeness (QED) is 0.338. The molecule has 0 saturated carbocycles. The van der Waals surface area contributed by atoms with Gasteiger partial charge >= 0.3 is 0 Å². The Kier molecular flexibility index (Phi) is 12.0. The van der Waals surface area contributed by atoms with Crippen molar-refractivity contribution >= 4 is 11.8 Å². The van der Waals surface area contributed by atoms with Gasteiger partial charge in [-0.15, -0.1) is 0 Å². The van der Waals surface area contributed by atoms with Crippen molar-refractivity contribution in [1.29, 1.82) is 0 Å². The highest BCUT2D eigenvalue weighted by atomic mass is 16.6. The standard InChI is InChI=1S/C21H34N4O6/c1-25-19(26)15-18(20(25)17-3-2-5-23-16-17)21(27)24-6-8-29-10-12-31-14-13-30-11-9-28-7-4-22/h2-3,5,16,18,20H,4,6-15,22H2,1H3,(H,24,27)/t18-,20+/m0/s1. The third-order valence-electron chi connectivity index (χ3n) is 4.87. The zero-order chi connectivity index (χ0) is 22.3. The topological polar surface area (TPSA) is 125 Å². The zero-order valence-corrected chi connectivity index (χ0v) is 18.2. The summed E-state index contributed by atoms with van der Waals surface area (Å²) in [6.45, 7) is 4.70. The molecule has 0 unspecified atom stereocenters. The van der Waals surface area contributed by atoms with Crippen LogP contribution in [0.3, 0.4) is 0 Å². The fourth-order valence-corrected chi connectivity index (χ4v) is 3.33. The van der Waals surface area contributed by atoms with Gasteiger partial charge in [0.05, 0.1) is 64.8 Å². The maximum Gasteiger partial charge on any atom is 0.226 e. The van der Waals surface area contributed by atoms with Gasteiger partial charge in [0, 0.05) is 39.0 Å². The number of likely N-dealkylation sites (tertiary alicyclic amines) is 1. The fraction of sp³-hybridized carbons (Fsp3) is 0.667. The predicted molar refractivity (Wildman–Crippen MR) is 113 cm³/mol. The van der Waals surface area contributed by atoms with Gasteiger partial charge in [0.1, 0.15) is 0 Å². The van der Waals surface area contributed by atoms with Gasteiger partial charge in [-0.3, -0.25) is 14.6 Å². The molecule has 2 heterocycles. The van der Waals surface area contributed by atoms with E-state index in [0.29, 0.717) is 65.9 Å². The van der Waals surface area contributed by atoms with Crippen LogP contribution in [-0.2, 0) is 28.5 Å². The molecule has 2 atom stereocenters. The molecule has 2 rings (SSSR count). The van der Waals surface area contributed by atoms with Crippen molar-refractivity contribution < 1.29 is 28.5 Å². The molecule has 10 heteroatoms. The second-order valence-electron chi connectivity index (χ2n) is 7.08. The maximum absolute atomic E-state index is 12.6. The zero-order valence-electron chi connectivity index (χ0n) is 18.2. The average Bonchev–Trinajstić information content (AvgIpc) is 3.09. The molecular formula is C21H34N4O6. The largest absolute Gasteiger partial charge is 0.378 e. The van der Waals surface area contributed by atoms with E-state index in [2.05, 4.69) is 10.3 Å². The lowest BCUT2D eigenvalue weighted by atomic mass is 9.94. The molecule has 0 aliphatic carbocycles. The van der Waals surface area contributed by atoms with Crippen molar-refractivity contribution in [2.75, 3.05) is 73.0 Å². The van der Waals surface area contributed by atoms with Gasteiger partial charge < -0.3 is 34.9 Å². The number of nitrogens with one attached hydrogen (secondary N) is 1. The highest BCUT2D eigenvalue weighted by Crippen LogP contribution is 2.36. The molecule has 1 aliphatic heterocycles. The molecule has 10 nitrogen and oxygen atoms in total. The van der Waals surface area contributed by atoms with Gasteiger partial charge in [0.2, 0.25) is 11.8 Å². The van der Waals surface area contributed by atoms with Gasteiger partial charge in [-0.25, -0.2) is 0 Å². The van der Waals surface area contributed by atoms with Crippen LogP contribution >= 0.6 is 0 Å². The molecule has 3 N–H and O–H groups in total. The van der Waals surface area contributed by atoms with E-state index in [4.69, 9.17) is 24.7 Å². The second-order valence-corrected chi connectivity index (χ2v) is 7.08. The summed E-state index contributed by atoms with van der Waals surface area (Å²) in [7, 11) is 1.72. The Labute approximate surface area is 183 Å². The van der Waals surface area contributed by atoms with Crippen molar-refractivity contribution in [2.24, 2.45) is 11.7 Å². The first-order valence-electron chi connectivity index (χ1n) is 10.6. The lowest BCUT2D eigenvalue weighted by Gasteiger charge is -2.24. The molecule has 0 spiro atoms. The molecule has 31 heavy (non-hydrogen) atoms. The second kappa shape index (κ2) is 14.8. The lowest BCUT2D eigenvalue weighted by Crippen LogP contribution is -2.36. The smallest absolute Gasteiger partial charge is 0.226 e. The molecule has 0 bridgehead atoms. The van der Waals surface area contributed by atoms with E-state index in [0.717, 1.165) is 5.56 Å². The number of amides is 2. The first-order valence-corrected chi connectivity index (χ1v) is 10.6. The van der Waals surface area contributed by atoms with Crippen molar-refractivity contribution in [2.45, 2.75) is 12.5 Å². The van der Waals surface area contributed by atoms with Crippen LogP contribution in [-0.4, -0.2) is 94.7 Å². The Morgan fingerprint density at radius 1 is 1.10 bits per heavy atom. The summed E-state index contributed by atoms with van der Waals surface area (Å²) in [5, 5.41) is 2.86. The third-order valence-corrected chi connectivity index (χ3v) is 4.87. The molecule has 0 radical (unpaired) electrons. The number of carbonyl (C=O) groups excluding carboxylic acids is 2. The molecule has 0 aromatic carbocycles. The predicted octanol–water partition coefficient (Wildman–Crippen LogP) is -0.258. The normalized spacial score (nSPS) is 18.5. The van der Waals surface area contributed by atoms with E-state index in [-0.39, 0.29) is 24.3 Å². The molecule has 1 aliphatic rings. The summed E-state index contributed by atoms with van der Waals surface area (Å²) < 4.78 is 21.4. The molecule has 1 aromatic heterocycles. The van der Waals surface area contributed by atoms with E-state index in [9.17, 15) is 9.59 Å². The van der Waals surface area contributed by atoms with Crippen LogP contribution in [0.15, 0.2) is 24.5 Å². The lowest BCUT2D eigenvalue weighted by molar-refractivity contribution is -0.128. The van der Waals surface area contributed by atoms with E-state index >= 15 is 0 Å². The van der Waals surface area contributed by atoms with Crippen LogP contribution in [0, 0.1) is 5.92 Å². The number of rotatable bonds is 16. The highest BCUT2D eigenvalue weighted by Gasteiger charge is 2.42.